The zero-order chi connectivity index (χ0) is 23.7. The maximum Gasteiger partial charge on any atom is 0.300 e. The van der Waals surface area contributed by atoms with Gasteiger partial charge in [0.05, 0.1) is 16.2 Å². The fraction of sp³-hybridized carbons (Fsp3) is 0.125. The van der Waals surface area contributed by atoms with Crippen LogP contribution in [-0.2, 0) is 9.59 Å². The van der Waals surface area contributed by atoms with Crippen molar-refractivity contribution in [1.82, 2.24) is 4.98 Å². The quantitative estimate of drug-likeness (QED) is 0.210. The Labute approximate surface area is 189 Å². The summed E-state index contributed by atoms with van der Waals surface area (Å²) in [6, 6.07) is 16.4. The molecule has 33 heavy (non-hydrogen) atoms. The number of amides is 1. The zero-order valence-electron chi connectivity index (χ0n) is 17.9. The van der Waals surface area contributed by atoms with E-state index in [0.717, 1.165) is 11.8 Å². The molecule has 0 spiro atoms. The first kappa shape index (κ1) is 21.7. The molecule has 1 aromatic heterocycles. The molecular formula is C24H20N4O5. The Kier molecular flexibility index (Phi) is 5.61. The van der Waals surface area contributed by atoms with Gasteiger partial charge in [0.2, 0.25) is 0 Å². The van der Waals surface area contributed by atoms with Gasteiger partial charge in [0.25, 0.3) is 17.4 Å². The lowest BCUT2D eigenvalue weighted by Crippen LogP contribution is -2.29. The van der Waals surface area contributed by atoms with Crippen molar-refractivity contribution in [3.8, 4) is 0 Å². The van der Waals surface area contributed by atoms with Gasteiger partial charge in [-0.1, -0.05) is 18.2 Å². The molecule has 1 aliphatic heterocycles. The largest absolute Gasteiger partial charge is 0.507 e. The van der Waals surface area contributed by atoms with Crippen molar-refractivity contribution in [1.29, 1.82) is 0 Å². The molecule has 4 rings (SSSR count). The number of hydrogen-bond donors (Lipinski definition) is 1. The van der Waals surface area contributed by atoms with E-state index in [1.807, 2.05) is 31.1 Å². The second kappa shape index (κ2) is 8.54. The van der Waals surface area contributed by atoms with Gasteiger partial charge in [0, 0.05) is 49.4 Å². The molecule has 9 heteroatoms. The van der Waals surface area contributed by atoms with Crippen LogP contribution in [-0.4, -0.2) is 40.8 Å². The van der Waals surface area contributed by atoms with Crippen LogP contribution < -0.4 is 9.80 Å². The molecule has 3 aromatic rings. The molecule has 1 N–H and O–H groups in total. The number of nitrogens with zero attached hydrogens (tertiary/aromatic N) is 4. The van der Waals surface area contributed by atoms with Crippen molar-refractivity contribution in [2.75, 3.05) is 23.9 Å². The van der Waals surface area contributed by atoms with Crippen molar-refractivity contribution in [2.24, 2.45) is 0 Å². The molecule has 1 aliphatic rings. The summed E-state index contributed by atoms with van der Waals surface area (Å²) in [5, 5.41) is 22.2. The van der Waals surface area contributed by atoms with Crippen molar-refractivity contribution in [3.63, 3.8) is 0 Å². The lowest BCUT2D eigenvalue weighted by atomic mass is 9.98. The number of aliphatic hydroxyl groups is 1. The predicted molar refractivity (Wildman–Crippen MR) is 123 cm³/mol. The highest BCUT2D eigenvalue weighted by Gasteiger charge is 2.47. The number of pyridine rings is 1. The fourth-order valence-corrected chi connectivity index (χ4v) is 3.75. The average molecular weight is 444 g/mol. The van der Waals surface area contributed by atoms with Gasteiger partial charge in [-0.15, -0.1) is 0 Å². The first-order valence-corrected chi connectivity index (χ1v) is 10.0. The Morgan fingerprint density at radius 2 is 1.79 bits per heavy atom. The molecule has 166 valence electrons. The van der Waals surface area contributed by atoms with Gasteiger partial charge in [-0.3, -0.25) is 29.6 Å². The molecule has 9 nitrogen and oxygen atoms in total. The number of Topliss-reactive ketones (excluding diaryl/α,β-unsaturated/α-hetero) is 1. The van der Waals surface area contributed by atoms with E-state index in [0.29, 0.717) is 11.4 Å². The average Bonchev–Trinajstić information content (AvgIpc) is 3.09. The van der Waals surface area contributed by atoms with Crippen LogP contribution in [0.2, 0.25) is 0 Å². The molecule has 1 atom stereocenters. The minimum Gasteiger partial charge on any atom is -0.507 e. The van der Waals surface area contributed by atoms with E-state index in [1.54, 1.807) is 30.3 Å². The molecular weight excluding hydrogens is 424 g/mol. The molecule has 2 aromatic carbocycles. The van der Waals surface area contributed by atoms with Crippen molar-refractivity contribution in [3.05, 3.63) is 99.9 Å². The van der Waals surface area contributed by atoms with Gasteiger partial charge in [-0.05, 0) is 36.4 Å². The number of aromatic nitrogens is 1. The standard InChI is InChI=1S/C24H20N4O5/c1-26(2)16-9-11-17(12-10-16)27-21(19-8-3-4-13-25-19)20(23(30)24(27)31)22(29)15-6-5-7-18(14-15)28(32)33/h3-14,21,29H,1-2H3/b22-20-. The molecule has 0 aliphatic carbocycles. The van der Waals surface area contributed by atoms with Crippen LogP contribution in [0.1, 0.15) is 17.3 Å². The Morgan fingerprint density at radius 1 is 1.06 bits per heavy atom. The molecule has 0 radical (unpaired) electrons. The van der Waals surface area contributed by atoms with Crippen molar-refractivity contribution < 1.29 is 19.6 Å². The molecule has 1 amide bonds. The lowest BCUT2D eigenvalue weighted by Gasteiger charge is -2.25. The summed E-state index contributed by atoms with van der Waals surface area (Å²) in [4.78, 5) is 44.3. The van der Waals surface area contributed by atoms with E-state index in [9.17, 15) is 24.8 Å². The van der Waals surface area contributed by atoms with E-state index >= 15 is 0 Å². The maximum atomic E-state index is 13.1. The summed E-state index contributed by atoms with van der Waals surface area (Å²) in [6.07, 6.45) is 1.53. The molecule has 0 saturated carbocycles. The van der Waals surface area contributed by atoms with Crippen LogP contribution in [0.15, 0.2) is 78.5 Å². The number of rotatable bonds is 5. The molecule has 2 heterocycles. The first-order chi connectivity index (χ1) is 15.8. The normalized spacial score (nSPS) is 17.3. The minimum atomic E-state index is -1.00. The molecule has 1 unspecified atom stereocenters. The van der Waals surface area contributed by atoms with E-state index in [1.165, 1.54) is 29.3 Å². The van der Waals surface area contributed by atoms with Crippen LogP contribution in [0.25, 0.3) is 5.76 Å². The van der Waals surface area contributed by atoms with Gasteiger partial charge < -0.3 is 10.0 Å². The SMILES string of the molecule is CN(C)c1ccc(N2C(=O)C(=O)/C(=C(\O)c3cccc([N+](=O)[O-])c3)C2c2ccccn2)cc1. The Bertz CT molecular complexity index is 1270. The summed E-state index contributed by atoms with van der Waals surface area (Å²) in [5.74, 6) is -2.22. The minimum absolute atomic E-state index is 0.0612. The smallest absolute Gasteiger partial charge is 0.300 e. The van der Waals surface area contributed by atoms with Gasteiger partial charge >= 0.3 is 0 Å². The lowest BCUT2D eigenvalue weighted by molar-refractivity contribution is -0.384. The topological polar surface area (TPSA) is 117 Å². The van der Waals surface area contributed by atoms with Crippen LogP contribution >= 0.6 is 0 Å². The fourth-order valence-electron chi connectivity index (χ4n) is 3.75. The van der Waals surface area contributed by atoms with Crippen molar-refractivity contribution in [2.45, 2.75) is 6.04 Å². The number of anilines is 2. The third kappa shape index (κ3) is 3.91. The number of aliphatic hydroxyl groups excluding tert-OH is 1. The van der Waals surface area contributed by atoms with E-state index in [2.05, 4.69) is 4.98 Å². The highest BCUT2D eigenvalue weighted by atomic mass is 16.6. The van der Waals surface area contributed by atoms with Gasteiger partial charge in [0.15, 0.2) is 0 Å². The van der Waals surface area contributed by atoms with Gasteiger partial charge in [-0.25, -0.2) is 0 Å². The van der Waals surface area contributed by atoms with E-state index < -0.39 is 28.4 Å². The third-order valence-electron chi connectivity index (χ3n) is 5.39. The Balaban J connectivity index is 1.90. The van der Waals surface area contributed by atoms with E-state index in [4.69, 9.17) is 0 Å². The summed E-state index contributed by atoms with van der Waals surface area (Å²) < 4.78 is 0. The number of ketones is 1. The van der Waals surface area contributed by atoms with Crippen LogP contribution in [0.5, 0.6) is 0 Å². The number of carbonyl (C=O) groups is 2. The summed E-state index contributed by atoms with van der Waals surface area (Å²) >= 11 is 0. The number of nitro benzene ring substituents is 1. The highest BCUT2D eigenvalue weighted by molar-refractivity contribution is 6.51. The maximum absolute atomic E-state index is 13.1. The number of hydrogen-bond acceptors (Lipinski definition) is 7. The molecule has 1 fully saturated rings. The van der Waals surface area contributed by atoms with E-state index in [-0.39, 0.29) is 16.8 Å². The van der Waals surface area contributed by atoms with Crippen LogP contribution in [0.3, 0.4) is 0 Å². The monoisotopic (exact) mass is 444 g/mol. The van der Waals surface area contributed by atoms with Crippen LogP contribution in [0.4, 0.5) is 17.1 Å². The first-order valence-electron chi connectivity index (χ1n) is 10.0. The highest BCUT2D eigenvalue weighted by Crippen LogP contribution is 2.42. The Hall–Kier alpha value is -4.53. The Morgan fingerprint density at radius 3 is 2.39 bits per heavy atom. The molecule has 1 saturated heterocycles. The number of non-ortho nitro benzene ring substituents is 1. The van der Waals surface area contributed by atoms with Gasteiger partial charge in [-0.2, -0.15) is 0 Å². The third-order valence-corrected chi connectivity index (χ3v) is 5.39. The zero-order valence-corrected chi connectivity index (χ0v) is 17.9. The second-order valence-electron chi connectivity index (χ2n) is 7.64. The predicted octanol–water partition coefficient (Wildman–Crippen LogP) is 3.68. The number of nitro groups is 1. The second-order valence-corrected chi connectivity index (χ2v) is 7.64. The van der Waals surface area contributed by atoms with Crippen molar-refractivity contribution >= 4 is 34.5 Å². The van der Waals surface area contributed by atoms with Gasteiger partial charge in [0.1, 0.15) is 11.8 Å². The molecule has 0 bridgehead atoms. The number of benzene rings is 2. The summed E-state index contributed by atoms with van der Waals surface area (Å²) in [6.45, 7) is 0. The number of carbonyl (C=O) groups excluding carboxylic acids is 2. The summed E-state index contributed by atoms with van der Waals surface area (Å²) in [5.41, 5.74) is 1.36. The van der Waals surface area contributed by atoms with Crippen LogP contribution in [0, 0.1) is 10.1 Å². The summed E-state index contributed by atoms with van der Waals surface area (Å²) in [7, 11) is 3.77.